The van der Waals surface area contributed by atoms with Gasteiger partial charge < -0.3 is 10.2 Å². The Morgan fingerprint density at radius 1 is 1.14 bits per heavy atom. The van der Waals surface area contributed by atoms with Gasteiger partial charge in [-0.1, -0.05) is 55.1 Å². The Bertz CT molecular complexity index is 1460. The van der Waals surface area contributed by atoms with Gasteiger partial charge in [0.2, 0.25) is 5.91 Å². The summed E-state index contributed by atoms with van der Waals surface area (Å²) in [6.45, 7) is 8.92. The summed E-state index contributed by atoms with van der Waals surface area (Å²) in [5, 5.41) is 7.84. The molecule has 0 saturated heterocycles. The molecule has 1 aromatic heterocycles. The zero-order valence-corrected chi connectivity index (χ0v) is 20.0. The summed E-state index contributed by atoms with van der Waals surface area (Å²) in [5.74, 6) is 0.427. The van der Waals surface area contributed by atoms with Crippen LogP contribution in [0.4, 0.5) is 11.5 Å². The van der Waals surface area contributed by atoms with Gasteiger partial charge in [0.15, 0.2) is 0 Å². The molecule has 1 atom stereocenters. The van der Waals surface area contributed by atoms with Crippen molar-refractivity contribution < 1.29 is 9.59 Å². The number of anilines is 2. The molecule has 6 nitrogen and oxygen atoms in total. The highest BCUT2D eigenvalue weighted by Crippen LogP contribution is 2.32. The summed E-state index contributed by atoms with van der Waals surface area (Å²) in [4.78, 5) is 33.8. The smallest absolute Gasteiger partial charge is 0.250 e. The average Bonchev–Trinajstić information content (AvgIpc) is 3.02. The molecule has 35 heavy (non-hydrogen) atoms. The molecule has 3 aromatic carbocycles. The van der Waals surface area contributed by atoms with E-state index in [0.717, 1.165) is 27.3 Å². The molecule has 6 heteroatoms. The fourth-order valence-electron chi connectivity index (χ4n) is 4.84. The van der Waals surface area contributed by atoms with E-state index in [0.29, 0.717) is 31.1 Å². The number of benzene rings is 3. The molecule has 1 N–H and O–H groups in total. The highest BCUT2D eigenvalue weighted by atomic mass is 16.2. The fraction of sp³-hybridized carbons (Fsp3) is 0.207. The molecule has 2 amide bonds. The minimum absolute atomic E-state index is 0.00634. The van der Waals surface area contributed by atoms with E-state index >= 15 is 0 Å². The number of carbonyl (C=O) groups is 2. The van der Waals surface area contributed by atoms with Crippen molar-refractivity contribution in [2.24, 2.45) is 0 Å². The van der Waals surface area contributed by atoms with Crippen LogP contribution < -0.4 is 15.1 Å². The number of hydrogen-bond donors (Lipinski definition) is 1. The summed E-state index contributed by atoms with van der Waals surface area (Å²) >= 11 is 0. The second kappa shape index (κ2) is 9.31. The lowest BCUT2D eigenvalue weighted by atomic mass is 9.97. The minimum Gasteiger partial charge on any atom is -0.303 e. The van der Waals surface area contributed by atoms with Crippen molar-refractivity contribution in [3.63, 3.8) is 0 Å². The maximum absolute atomic E-state index is 13.1. The predicted octanol–water partition coefficient (Wildman–Crippen LogP) is 4.95. The third-order valence-corrected chi connectivity index (χ3v) is 6.67. The summed E-state index contributed by atoms with van der Waals surface area (Å²) in [6.07, 6.45) is 3.01. The van der Waals surface area contributed by atoms with Gasteiger partial charge in [0, 0.05) is 18.7 Å². The number of fused-ring (bicyclic) bond motifs is 4. The minimum atomic E-state index is -0.303. The van der Waals surface area contributed by atoms with Crippen molar-refractivity contribution in [3.05, 3.63) is 90.6 Å². The molecule has 1 aliphatic heterocycles. The summed E-state index contributed by atoms with van der Waals surface area (Å²) in [7, 11) is 0. The normalized spacial score (nSPS) is 15.7. The molecule has 0 saturated carbocycles. The highest BCUT2D eigenvalue weighted by molar-refractivity contribution is 6.09. The predicted molar refractivity (Wildman–Crippen MR) is 141 cm³/mol. The Kier molecular flexibility index (Phi) is 6.05. The Morgan fingerprint density at radius 3 is 2.60 bits per heavy atom. The molecule has 0 fully saturated rings. The van der Waals surface area contributed by atoms with Gasteiger partial charge in [-0.2, -0.15) is 0 Å². The van der Waals surface area contributed by atoms with Gasteiger partial charge in [-0.05, 0) is 59.2 Å². The zero-order chi connectivity index (χ0) is 24.5. The molecule has 1 aliphatic rings. The van der Waals surface area contributed by atoms with Gasteiger partial charge in [-0.25, -0.2) is 4.98 Å². The van der Waals surface area contributed by atoms with E-state index in [1.807, 2.05) is 44.2 Å². The lowest BCUT2D eigenvalue weighted by molar-refractivity contribution is -0.120. The molecule has 4 aromatic rings. The van der Waals surface area contributed by atoms with Crippen LogP contribution in [0.15, 0.2) is 79.5 Å². The number of nitrogens with one attached hydrogen (secondary N) is 1. The molecule has 0 bridgehead atoms. The summed E-state index contributed by atoms with van der Waals surface area (Å²) in [5.41, 5.74) is 2.60. The van der Waals surface area contributed by atoms with Crippen LogP contribution in [0.3, 0.4) is 0 Å². The number of aromatic nitrogens is 1. The van der Waals surface area contributed by atoms with Gasteiger partial charge in [0.25, 0.3) is 5.91 Å². The molecule has 0 radical (unpaired) electrons. The largest absolute Gasteiger partial charge is 0.303 e. The first-order valence-electron chi connectivity index (χ1n) is 11.9. The van der Waals surface area contributed by atoms with Gasteiger partial charge in [-0.15, -0.1) is 0 Å². The lowest BCUT2D eigenvalue weighted by Gasteiger charge is -2.25. The van der Waals surface area contributed by atoms with E-state index in [1.54, 1.807) is 16.0 Å². The number of carbonyl (C=O) groups excluding carboxylic acids is 2. The van der Waals surface area contributed by atoms with E-state index < -0.39 is 0 Å². The number of hydrogen-bond acceptors (Lipinski definition) is 4. The van der Waals surface area contributed by atoms with Crippen LogP contribution in [0.25, 0.3) is 21.5 Å². The van der Waals surface area contributed by atoms with E-state index in [9.17, 15) is 9.59 Å². The molecular weight excluding hydrogens is 436 g/mol. The standard InChI is InChI=1S/C29H28N4O2/c1-4-27(34)33(23-15-21-16-30-19(3)29(35)32(5-2)28(21)31-17-23)18-22-14-20-10-6-7-11-24(20)26-13-9-8-12-25(22)26/h4,6-15,17,19,30H,1,5,16,18H2,2-3H3. The van der Waals surface area contributed by atoms with Crippen LogP contribution in [0, 0.1) is 0 Å². The second-order valence-corrected chi connectivity index (χ2v) is 8.79. The van der Waals surface area contributed by atoms with Crippen molar-refractivity contribution >= 4 is 44.9 Å². The van der Waals surface area contributed by atoms with Crippen LogP contribution in [-0.4, -0.2) is 29.4 Å². The Morgan fingerprint density at radius 2 is 1.86 bits per heavy atom. The van der Waals surface area contributed by atoms with Crippen molar-refractivity contribution in [1.82, 2.24) is 10.3 Å². The van der Waals surface area contributed by atoms with Gasteiger partial charge in [0.05, 0.1) is 24.5 Å². The Hall–Kier alpha value is -4.03. The lowest BCUT2D eigenvalue weighted by Crippen LogP contribution is -2.42. The topological polar surface area (TPSA) is 65.5 Å². The van der Waals surface area contributed by atoms with Crippen LogP contribution in [0.5, 0.6) is 0 Å². The van der Waals surface area contributed by atoms with Crippen molar-refractivity contribution in [2.75, 3.05) is 16.3 Å². The molecule has 1 unspecified atom stereocenters. The maximum atomic E-state index is 13.1. The van der Waals surface area contributed by atoms with Crippen molar-refractivity contribution in [3.8, 4) is 0 Å². The van der Waals surface area contributed by atoms with Crippen LogP contribution in [0.2, 0.25) is 0 Å². The first-order valence-corrected chi connectivity index (χ1v) is 11.9. The van der Waals surface area contributed by atoms with Crippen molar-refractivity contribution in [2.45, 2.75) is 33.0 Å². The third-order valence-electron chi connectivity index (χ3n) is 6.67. The Labute approximate surface area is 204 Å². The molecule has 0 spiro atoms. The summed E-state index contributed by atoms with van der Waals surface area (Å²) < 4.78 is 0. The molecule has 2 heterocycles. The van der Waals surface area contributed by atoms with Gasteiger partial charge in [-0.3, -0.25) is 14.5 Å². The Balaban J connectivity index is 1.60. The number of likely N-dealkylation sites (N-methyl/N-ethyl adjacent to an activating group) is 1. The quantitative estimate of drug-likeness (QED) is 0.335. The molecule has 176 valence electrons. The van der Waals surface area contributed by atoms with Crippen molar-refractivity contribution in [1.29, 1.82) is 0 Å². The maximum Gasteiger partial charge on any atom is 0.250 e. The molecular formula is C29H28N4O2. The fourth-order valence-corrected chi connectivity index (χ4v) is 4.84. The van der Waals surface area contributed by atoms with E-state index in [-0.39, 0.29) is 17.9 Å². The number of pyridine rings is 1. The first kappa shape index (κ1) is 22.7. The number of rotatable bonds is 5. The number of nitrogens with zero attached hydrogens (tertiary/aromatic N) is 3. The van der Waals surface area contributed by atoms with Crippen LogP contribution >= 0.6 is 0 Å². The average molecular weight is 465 g/mol. The van der Waals surface area contributed by atoms with Crippen LogP contribution in [0.1, 0.15) is 25.0 Å². The van der Waals surface area contributed by atoms with E-state index in [4.69, 9.17) is 0 Å². The monoisotopic (exact) mass is 464 g/mol. The molecule has 0 aliphatic carbocycles. The SMILES string of the molecule is C=CC(=O)N(Cc1cc2ccccc2c2ccccc12)c1cnc2c(c1)CNC(C)C(=O)N2CC. The summed E-state index contributed by atoms with van der Waals surface area (Å²) in [6, 6.07) is 20.4. The van der Waals surface area contributed by atoms with Crippen LogP contribution in [-0.2, 0) is 22.7 Å². The highest BCUT2D eigenvalue weighted by Gasteiger charge is 2.28. The molecule has 5 rings (SSSR count). The van der Waals surface area contributed by atoms with E-state index in [1.165, 1.54) is 11.5 Å². The van der Waals surface area contributed by atoms with E-state index in [2.05, 4.69) is 47.2 Å². The third kappa shape index (κ3) is 4.06. The first-order chi connectivity index (χ1) is 17.0. The zero-order valence-electron chi connectivity index (χ0n) is 20.0. The van der Waals surface area contributed by atoms with Gasteiger partial charge in [0.1, 0.15) is 5.82 Å². The second-order valence-electron chi connectivity index (χ2n) is 8.79. The van der Waals surface area contributed by atoms with Gasteiger partial charge >= 0.3 is 0 Å². The number of amides is 2.